The largest absolute Gasteiger partial charge is 0.326 e. The minimum atomic E-state index is -3.48. The number of rotatable bonds is 4. The standard InChI is InChI=1S/C15H22ClN3O3S/c1-11-9-13(16)6-7-14(11)17-15(20)12-5-4-8-19(10-12)23(21,22)18(2)3/h6-7,9,12H,4-5,8,10H2,1-3H3,(H,17,20)/t12-/m1/s1. The van der Waals surface area contributed by atoms with Crippen LogP contribution < -0.4 is 5.32 Å². The monoisotopic (exact) mass is 359 g/mol. The van der Waals surface area contributed by atoms with Gasteiger partial charge in [-0.05, 0) is 43.5 Å². The molecule has 8 heteroatoms. The highest BCUT2D eigenvalue weighted by atomic mass is 35.5. The second kappa shape index (κ2) is 7.17. The van der Waals surface area contributed by atoms with Gasteiger partial charge in [0.1, 0.15) is 0 Å². The first-order valence-corrected chi connectivity index (χ1v) is 9.24. The van der Waals surface area contributed by atoms with Gasteiger partial charge in [-0.15, -0.1) is 0 Å². The lowest BCUT2D eigenvalue weighted by molar-refractivity contribution is -0.120. The molecule has 1 atom stereocenters. The van der Waals surface area contributed by atoms with Crippen LogP contribution in [-0.4, -0.2) is 50.1 Å². The van der Waals surface area contributed by atoms with Gasteiger partial charge in [0.2, 0.25) is 5.91 Å². The van der Waals surface area contributed by atoms with Crippen molar-refractivity contribution in [2.75, 3.05) is 32.5 Å². The number of aryl methyl sites for hydroxylation is 1. The third-order valence-electron chi connectivity index (χ3n) is 3.99. The zero-order valence-electron chi connectivity index (χ0n) is 13.5. The van der Waals surface area contributed by atoms with Gasteiger partial charge < -0.3 is 5.32 Å². The number of benzene rings is 1. The summed E-state index contributed by atoms with van der Waals surface area (Å²) in [6.07, 6.45) is 1.35. The maximum atomic E-state index is 12.5. The highest BCUT2D eigenvalue weighted by molar-refractivity contribution is 7.86. The molecular weight excluding hydrogens is 338 g/mol. The lowest BCUT2D eigenvalue weighted by Gasteiger charge is -2.32. The van der Waals surface area contributed by atoms with Crippen molar-refractivity contribution >= 4 is 33.4 Å². The summed E-state index contributed by atoms with van der Waals surface area (Å²) < 4.78 is 27.0. The Morgan fingerprint density at radius 2 is 2.09 bits per heavy atom. The molecule has 0 radical (unpaired) electrons. The van der Waals surface area contributed by atoms with E-state index < -0.39 is 10.2 Å². The van der Waals surface area contributed by atoms with Crippen molar-refractivity contribution in [3.8, 4) is 0 Å². The zero-order valence-corrected chi connectivity index (χ0v) is 15.1. The third kappa shape index (κ3) is 4.23. The molecule has 1 aliphatic rings. The molecule has 1 aliphatic heterocycles. The van der Waals surface area contributed by atoms with Gasteiger partial charge >= 0.3 is 0 Å². The van der Waals surface area contributed by atoms with E-state index >= 15 is 0 Å². The molecule has 128 valence electrons. The Morgan fingerprint density at radius 1 is 1.39 bits per heavy atom. The topological polar surface area (TPSA) is 69.7 Å². The van der Waals surface area contributed by atoms with Crippen LogP contribution in [0.25, 0.3) is 0 Å². The van der Waals surface area contributed by atoms with Crippen molar-refractivity contribution in [2.45, 2.75) is 19.8 Å². The minimum absolute atomic E-state index is 0.158. The summed E-state index contributed by atoms with van der Waals surface area (Å²) in [5.74, 6) is -0.511. The van der Waals surface area contributed by atoms with Crippen LogP contribution in [0.15, 0.2) is 18.2 Å². The maximum Gasteiger partial charge on any atom is 0.281 e. The summed E-state index contributed by atoms with van der Waals surface area (Å²) in [4.78, 5) is 12.5. The number of piperidine rings is 1. The van der Waals surface area contributed by atoms with Crippen LogP contribution >= 0.6 is 11.6 Å². The average Bonchev–Trinajstić information content (AvgIpc) is 2.50. The molecule has 2 rings (SSSR count). The predicted molar refractivity (Wildman–Crippen MR) is 91.7 cm³/mol. The van der Waals surface area contributed by atoms with Crippen LogP contribution in [-0.2, 0) is 15.0 Å². The van der Waals surface area contributed by atoms with E-state index in [1.54, 1.807) is 18.2 Å². The SMILES string of the molecule is Cc1cc(Cl)ccc1NC(=O)[C@@H]1CCCN(S(=O)(=O)N(C)C)C1. The normalized spacial score (nSPS) is 19.8. The number of nitrogens with zero attached hydrogens (tertiary/aromatic N) is 2. The van der Waals surface area contributed by atoms with Crippen molar-refractivity contribution in [1.82, 2.24) is 8.61 Å². The number of halogens is 1. The Balaban J connectivity index is 2.08. The Hall–Kier alpha value is -1.15. The van der Waals surface area contributed by atoms with Gasteiger partial charge in [-0.2, -0.15) is 17.0 Å². The van der Waals surface area contributed by atoms with Gasteiger partial charge in [0.15, 0.2) is 0 Å². The van der Waals surface area contributed by atoms with Crippen molar-refractivity contribution in [1.29, 1.82) is 0 Å². The maximum absolute atomic E-state index is 12.5. The highest BCUT2D eigenvalue weighted by Gasteiger charge is 2.33. The molecule has 1 saturated heterocycles. The first-order chi connectivity index (χ1) is 10.7. The summed E-state index contributed by atoms with van der Waals surface area (Å²) in [6.45, 7) is 2.52. The summed E-state index contributed by atoms with van der Waals surface area (Å²) in [7, 11) is -0.492. The van der Waals surface area contributed by atoms with E-state index in [0.717, 1.165) is 5.56 Å². The summed E-state index contributed by atoms with van der Waals surface area (Å²) >= 11 is 5.91. The molecule has 1 N–H and O–H groups in total. The molecular formula is C15H22ClN3O3S. The molecule has 1 aromatic carbocycles. The van der Waals surface area contributed by atoms with E-state index in [-0.39, 0.29) is 18.4 Å². The molecule has 0 aliphatic carbocycles. The number of hydrogen-bond acceptors (Lipinski definition) is 3. The number of anilines is 1. The lowest BCUT2D eigenvalue weighted by Crippen LogP contribution is -2.47. The van der Waals surface area contributed by atoms with Crippen LogP contribution in [0.4, 0.5) is 5.69 Å². The van der Waals surface area contributed by atoms with Gasteiger partial charge in [-0.1, -0.05) is 11.6 Å². The lowest BCUT2D eigenvalue weighted by atomic mass is 9.98. The Labute approximate surface area is 142 Å². The van der Waals surface area contributed by atoms with E-state index in [1.807, 2.05) is 6.92 Å². The number of carbonyl (C=O) groups excluding carboxylic acids is 1. The Kier molecular flexibility index (Phi) is 5.67. The summed E-state index contributed by atoms with van der Waals surface area (Å²) in [5, 5.41) is 3.49. The fourth-order valence-electron chi connectivity index (χ4n) is 2.60. The summed E-state index contributed by atoms with van der Waals surface area (Å²) in [5.41, 5.74) is 1.58. The van der Waals surface area contributed by atoms with Crippen LogP contribution in [0.3, 0.4) is 0 Å². The molecule has 1 fully saturated rings. The average molecular weight is 360 g/mol. The predicted octanol–water partition coefficient (Wildman–Crippen LogP) is 2.11. The third-order valence-corrected chi connectivity index (χ3v) is 6.13. The minimum Gasteiger partial charge on any atom is -0.326 e. The number of carbonyl (C=O) groups is 1. The quantitative estimate of drug-likeness (QED) is 0.895. The second-order valence-electron chi connectivity index (χ2n) is 5.94. The smallest absolute Gasteiger partial charge is 0.281 e. The molecule has 6 nitrogen and oxygen atoms in total. The first kappa shape index (κ1) is 18.2. The number of amides is 1. The molecule has 23 heavy (non-hydrogen) atoms. The van der Waals surface area contributed by atoms with Crippen LogP contribution in [0.2, 0.25) is 5.02 Å². The van der Waals surface area contributed by atoms with E-state index in [2.05, 4.69) is 5.32 Å². The molecule has 0 saturated carbocycles. The zero-order chi connectivity index (χ0) is 17.2. The van der Waals surface area contributed by atoms with Crippen molar-refractivity contribution < 1.29 is 13.2 Å². The van der Waals surface area contributed by atoms with Crippen molar-refractivity contribution in [3.05, 3.63) is 28.8 Å². The fraction of sp³-hybridized carbons (Fsp3) is 0.533. The molecule has 0 spiro atoms. The first-order valence-electron chi connectivity index (χ1n) is 7.46. The fourth-order valence-corrected chi connectivity index (χ4v) is 4.02. The van der Waals surface area contributed by atoms with Gasteiger partial charge in [0.05, 0.1) is 5.92 Å². The molecule has 0 unspecified atom stereocenters. The van der Waals surface area contributed by atoms with Gasteiger partial charge in [0, 0.05) is 37.9 Å². The van der Waals surface area contributed by atoms with E-state index in [0.29, 0.717) is 30.1 Å². The van der Waals surface area contributed by atoms with Crippen molar-refractivity contribution in [3.63, 3.8) is 0 Å². The number of hydrogen-bond donors (Lipinski definition) is 1. The highest BCUT2D eigenvalue weighted by Crippen LogP contribution is 2.24. The van der Waals surface area contributed by atoms with Crippen molar-refractivity contribution in [2.24, 2.45) is 5.92 Å². The summed E-state index contributed by atoms with van der Waals surface area (Å²) in [6, 6.07) is 5.25. The van der Waals surface area contributed by atoms with E-state index in [4.69, 9.17) is 11.6 Å². The second-order valence-corrected chi connectivity index (χ2v) is 8.51. The molecule has 1 aromatic rings. The Bertz CT molecular complexity index is 691. The van der Waals surface area contributed by atoms with E-state index in [9.17, 15) is 13.2 Å². The van der Waals surface area contributed by atoms with E-state index in [1.165, 1.54) is 22.7 Å². The van der Waals surface area contributed by atoms with Gasteiger partial charge in [-0.25, -0.2) is 0 Å². The van der Waals surface area contributed by atoms with Crippen LogP contribution in [0, 0.1) is 12.8 Å². The van der Waals surface area contributed by atoms with Crippen LogP contribution in [0.5, 0.6) is 0 Å². The van der Waals surface area contributed by atoms with Gasteiger partial charge in [0.25, 0.3) is 10.2 Å². The van der Waals surface area contributed by atoms with Crippen LogP contribution in [0.1, 0.15) is 18.4 Å². The number of nitrogens with one attached hydrogen (secondary N) is 1. The van der Waals surface area contributed by atoms with Gasteiger partial charge in [-0.3, -0.25) is 4.79 Å². The Morgan fingerprint density at radius 3 is 2.70 bits per heavy atom. The molecule has 0 bridgehead atoms. The molecule has 1 heterocycles. The molecule has 0 aromatic heterocycles. The molecule has 1 amide bonds.